The first-order valence-electron chi connectivity index (χ1n) is 12.2. The summed E-state index contributed by atoms with van der Waals surface area (Å²) < 4.78 is 13.3. The molecule has 1 atom stereocenters. The number of aromatic amines is 1. The number of amides is 1. The lowest BCUT2D eigenvalue weighted by atomic mass is 9.99. The predicted octanol–water partition coefficient (Wildman–Crippen LogP) is 5.02. The number of rotatable bonds is 7. The van der Waals surface area contributed by atoms with E-state index in [0.717, 1.165) is 33.2 Å². The van der Waals surface area contributed by atoms with Gasteiger partial charge in [-0.05, 0) is 60.4 Å². The Hall–Kier alpha value is -5.30. The SMILES string of the molecule is Cc1cc(CNc2ncc(C#N)cc2C(=O)NC(C)c2ccc(F)cc2)ccc1-c1cnc2n[nH]c(N)c2c1. The highest BCUT2D eigenvalue weighted by Gasteiger charge is 2.17. The first kappa shape index (κ1) is 25.4. The van der Waals surface area contributed by atoms with Gasteiger partial charge in [-0.15, -0.1) is 0 Å². The number of hydrogen-bond acceptors (Lipinski definition) is 7. The van der Waals surface area contributed by atoms with Crippen LogP contribution in [-0.4, -0.2) is 26.1 Å². The number of carbonyl (C=O) groups is 1. The van der Waals surface area contributed by atoms with Crippen LogP contribution in [0.3, 0.4) is 0 Å². The normalized spacial score (nSPS) is 11.6. The lowest BCUT2D eigenvalue weighted by Crippen LogP contribution is -2.28. The molecule has 5 rings (SSSR count). The highest BCUT2D eigenvalue weighted by molar-refractivity contribution is 5.99. The summed E-state index contributed by atoms with van der Waals surface area (Å²) in [7, 11) is 0. The van der Waals surface area contributed by atoms with Crippen LogP contribution in [0.25, 0.3) is 22.2 Å². The number of H-pyrrole nitrogens is 1. The number of nitrogens with two attached hydrogens (primary N) is 1. The van der Waals surface area contributed by atoms with E-state index in [1.807, 2.05) is 37.3 Å². The van der Waals surface area contributed by atoms with Crippen LogP contribution in [0, 0.1) is 24.1 Å². The van der Waals surface area contributed by atoms with E-state index in [1.165, 1.54) is 24.4 Å². The zero-order chi connectivity index (χ0) is 27.5. The Morgan fingerprint density at radius 2 is 1.92 bits per heavy atom. The van der Waals surface area contributed by atoms with Crippen LogP contribution >= 0.6 is 0 Å². The molecule has 39 heavy (non-hydrogen) atoms. The summed E-state index contributed by atoms with van der Waals surface area (Å²) in [6.07, 6.45) is 3.18. The molecule has 3 aromatic heterocycles. The van der Waals surface area contributed by atoms with E-state index in [1.54, 1.807) is 25.3 Å². The van der Waals surface area contributed by atoms with Crippen molar-refractivity contribution in [1.82, 2.24) is 25.5 Å². The van der Waals surface area contributed by atoms with Crippen LogP contribution in [-0.2, 0) is 6.54 Å². The van der Waals surface area contributed by atoms with E-state index in [-0.39, 0.29) is 23.0 Å². The van der Waals surface area contributed by atoms with Crippen molar-refractivity contribution in [2.45, 2.75) is 26.4 Å². The Balaban J connectivity index is 1.33. The van der Waals surface area contributed by atoms with E-state index >= 15 is 0 Å². The third-order valence-electron chi connectivity index (χ3n) is 6.48. The smallest absolute Gasteiger partial charge is 0.255 e. The molecule has 3 heterocycles. The van der Waals surface area contributed by atoms with Crippen LogP contribution in [0.15, 0.2) is 67.0 Å². The fraction of sp³-hybridized carbons (Fsp3) is 0.138. The second-order valence-electron chi connectivity index (χ2n) is 9.21. The van der Waals surface area contributed by atoms with Crippen molar-refractivity contribution in [2.24, 2.45) is 0 Å². The number of carbonyl (C=O) groups excluding carboxylic acids is 1. The van der Waals surface area contributed by atoms with Crippen molar-refractivity contribution in [3.63, 3.8) is 0 Å². The largest absolute Gasteiger partial charge is 0.384 e. The molecule has 1 amide bonds. The zero-order valence-corrected chi connectivity index (χ0v) is 21.3. The number of nitrogens with one attached hydrogen (secondary N) is 3. The number of benzene rings is 2. The Kier molecular flexibility index (Phi) is 6.89. The summed E-state index contributed by atoms with van der Waals surface area (Å²) in [5.41, 5.74) is 11.7. The summed E-state index contributed by atoms with van der Waals surface area (Å²) in [5, 5.41) is 23.1. The Labute approximate surface area is 223 Å². The molecule has 5 aromatic rings. The van der Waals surface area contributed by atoms with Gasteiger partial charge in [0.2, 0.25) is 0 Å². The fourth-order valence-corrected chi connectivity index (χ4v) is 4.36. The highest BCUT2D eigenvalue weighted by atomic mass is 19.1. The van der Waals surface area contributed by atoms with Crippen molar-refractivity contribution < 1.29 is 9.18 Å². The Morgan fingerprint density at radius 1 is 1.13 bits per heavy atom. The fourth-order valence-electron chi connectivity index (χ4n) is 4.36. The molecule has 2 aromatic carbocycles. The molecule has 0 aliphatic carbocycles. The number of nitriles is 1. The van der Waals surface area contributed by atoms with E-state index in [0.29, 0.717) is 23.8 Å². The molecule has 0 radical (unpaired) electrons. The van der Waals surface area contributed by atoms with Crippen molar-refractivity contribution in [3.8, 4) is 17.2 Å². The maximum atomic E-state index is 13.3. The quantitative estimate of drug-likeness (QED) is 0.236. The molecule has 9 nitrogen and oxygen atoms in total. The van der Waals surface area contributed by atoms with E-state index in [2.05, 4.69) is 30.8 Å². The van der Waals surface area contributed by atoms with Gasteiger partial charge >= 0.3 is 0 Å². The van der Waals surface area contributed by atoms with E-state index < -0.39 is 5.91 Å². The van der Waals surface area contributed by atoms with Crippen LogP contribution in [0.2, 0.25) is 0 Å². The summed E-state index contributed by atoms with van der Waals surface area (Å²) in [5.74, 6) is 0.0782. The highest BCUT2D eigenvalue weighted by Crippen LogP contribution is 2.28. The number of nitrogen functional groups attached to an aromatic ring is 1. The van der Waals surface area contributed by atoms with Gasteiger partial charge in [-0.1, -0.05) is 30.3 Å². The molecule has 1 unspecified atom stereocenters. The maximum absolute atomic E-state index is 13.3. The van der Waals surface area contributed by atoms with Crippen molar-refractivity contribution in [3.05, 3.63) is 101 Å². The number of fused-ring (bicyclic) bond motifs is 1. The van der Waals surface area contributed by atoms with Gasteiger partial charge in [0, 0.05) is 24.5 Å². The third kappa shape index (κ3) is 5.38. The molecule has 0 saturated heterocycles. The lowest BCUT2D eigenvalue weighted by molar-refractivity contribution is 0.0940. The molecule has 0 bridgehead atoms. The number of halogens is 1. The minimum atomic E-state index is -0.396. The molecule has 0 fully saturated rings. The second-order valence-corrected chi connectivity index (χ2v) is 9.21. The number of hydrogen-bond donors (Lipinski definition) is 4. The van der Waals surface area contributed by atoms with Gasteiger partial charge in [-0.2, -0.15) is 10.4 Å². The second kappa shape index (κ2) is 10.6. The third-order valence-corrected chi connectivity index (χ3v) is 6.48. The van der Waals surface area contributed by atoms with Gasteiger partial charge in [0.1, 0.15) is 23.5 Å². The minimum absolute atomic E-state index is 0.244. The van der Waals surface area contributed by atoms with Crippen LogP contribution in [0.4, 0.5) is 16.0 Å². The average Bonchev–Trinajstić information content (AvgIpc) is 3.32. The van der Waals surface area contributed by atoms with Gasteiger partial charge < -0.3 is 16.4 Å². The molecule has 0 spiro atoms. The van der Waals surface area contributed by atoms with Crippen molar-refractivity contribution in [1.29, 1.82) is 5.26 Å². The number of pyridine rings is 2. The minimum Gasteiger partial charge on any atom is -0.384 e. The molecular weight excluding hydrogens is 495 g/mol. The molecular formula is C29H25FN8O. The van der Waals surface area contributed by atoms with Gasteiger partial charge in [0.05, 0.1) is 22.6 Å². The number of nitrogens with zero attached hydrogens (tertiary/aromatic N) is 4. The van der Waals surface area contributed by atoms with Crippen molar-refractivity contribution >= 4 is 28.6 Å². The average molecular weight is 521 g/mol. The topological polar surface area (TPSA) is 145 Å². The number of anilines is 2. The van der Waals surface area contributed by atoms with Gasteiger partial charge in [0.25, 0.3) is 5.91 Å². The van der Waals surface area contributed by atoms with Crippen LogP contribution in [0.1, 0.15) is 45.6 Å². The molecule has 5 N–H and O–H groups in total. The standard InChI is InChI=1S/C29H25FN8O/c1-16-9-18(3-8-23(16)21-11-24-26(32)37-38-28(24)35-15-21)13-33-27-25(10-19(12-31)14-34-27)29(39)36-17(2)20-4-6-22(30)7-5-20/h3-11,14-15,17H,13H2,1-2H3,(H,33,34)(H,36,39)(H3,32,35,37,38). The van der Waals surface area contributed by atoms with Gasteiger partial charge in [-0.25, -0.2) is 14.4 Å². The van der Waals surface area contributed by atoms with E-state index in [9.17, 15) is 14.4 Å². The Morgan fingerprint density at radius 3 is 2.67 bits per heavy atom. The first-order valence-corrected chi connectivity index (χ1v) is 12.2. The number of aryl methyl sites for hydroxylation is 1. The molecule has 10 heteroatoms. The summed E-state index contributed by atoms with van der Waals surface area (Å²) in [4.78, 5) is 21.9. The maximum Gasteiger partial charge on any atom is 0.255 e. The van der Waals surface area contributed by atoms with Crippen molar-refractivity contribution in [2.75, 3.05) is 11.1 Å². The molecule has 0 aliphatic rings. The molecule has 0 saturated carbocycles. The van der Waals surface area contributed by atoms with Crippen LogP contribution in [0.5, 0.6) is 0 Å². The molecule has 194 valence electrons. The first-order chi connectivity index (χ1) is 18.8. The predicted molar refractivity (Wildman–Crippen MR) is 147 cm³/mol. The Bertz CT molecular complexity index is 1720. The van der Waals surface area contributed by atoms with Gasteiger partial charge in [-0.3, -0.25) is 9.89 Å². The molecule has 0 aliphatic heterocycles. The summed E-state index contributed by atoms with van der Waals surface area (Å²) in [6.45, 7) is 4.22. The monoisotopic (exact) mass is 520 g/mol. The zero-order valence-electron chi connectivity index (χ0n) is 21.3. The van der Waals surface area contributed by atoms with E-state index in [4.69, 9.17) is 5.73 Å². The lowest BCUT2D eigenvalue weighted by Gasteiger charge is -2.17. The van der Waals surface area contributed by atoms with Crippen LogP contribution < -0.4 is 16.4 Å². The summed E-state index contributed by atoms with van der Waals surface area (Å²) in [6, 6.07) is 17.1. The van der Waals surface area contributed by atoms with Gasteiger partial charge in [0.15, 0.2) is 5.65 Å². The number of aromatic nitrogens is 4. The summed E-state index contributed by atoms with van der Waals surface area (Å²) >= 11 is 0.